The van der Waals surface area contributed by atoms with Gasteiger partial charge >= 0.3 is 0 Å². The summed E-state index contributed by atoms with van der Waals surface area (Å²) >= 11 is 3.65. The Hall–Kier alpha value is -0.380. The van der Waals surface area contributed by atoms with Crippen LogP contribution < -0.4 is 5.32 Å². The molecule has 3 heteroatoms. The molecule has 2 nitrogen and oxygen atoms in total. The average molecular weight is 325 g/mol. The highest BCUT2D eigenvalue weighted by Gasteiger charge is 2.18. The Bertz CT molecular complexity index is 394. The standard InChI is InChI=1S/C16H25BrN2/c1-3-19-11-6-7-14(10-12-19)18-13(2)15-8-4-5-9-16(15)17/h4-5,8-9,13-14,18H,3,6-7,10-12H2,1-2H3. The van der Waals surface area contributed by atoms with E-state index in [0.29, 0.717) is 12.1 Å². The highest BCUT2D eigenvalue weighted by molar-refractivity contribution is 9.10. The molecule has 1 aromatic carbocycles. The second kappa shape index (κ2) is 7.41. The molecule has 0 saturated carbocycles. The van der Waals surface area contributed by atoms with Crippen molar-refractivity contribution in [3.05, 3.63) is 34.3 Å². The Kier molecular flexibility index (Phi) is 5.86. The molecule has 1 fully saturated rings. The lowest BCUT2D eigenvalue weighted by atomic mass is 10.0. The minimum atomic E-state index is 0.411. The minimum absolute atomic E-state index is 0.411. The molecule has 1 N–H and O–H groups in total. The molecule has 1 aliphatic rings. The van der Waals surface area contributed by atoms with Crippen LogP contribution in [-0.2, 0) is 0 Å². The summed E-state index contributed by atoms with van der Waals surface area (Å²) in [4.78, 5) is 2.56. The highest BCUT2D eigenvalue weighted by Crippen LogP contribution is 2.24. The van der Waals surface area contributed by atoms with E-state index in [2.05, 4.69) is 64.3 Å². The summed E-state index contributed by atoms with van der Waals surface area (Å²) in [7, 11) is 0. The van der Waals surface area contributed by atoms with Gasteiger partial charge < -0.3 is 10.2 Å². The third-order valence-corrected chi connectivity index (χ3v) is 4.85. The smallest absolute Gasteiger partial charge is 0.0305 e. The van der Waals surface area contributed by atoms with Crippen molar-refractivity contribution >= 4 is 15.9 Å². The molecule has 2 atom stereocenters. The van der Waals surface area contributed by atoms with Crippen LogP contribution in [0.15, 0.2) is 28.7 Å². The summed E-state index contributed by atoms with van der Waals surface area (Å²) in [5, 5.41) is 3.80. The van der Waals surface area contributed by atoms with Gasteiger partial charge in [-0.2, -0.15) is 0 Å². The van der Waals surface area contributed by atoms with Crippen molar-refractivity contribution in [1.29, 1.82) is 0 Å². The van der Waals surface area contributed by atoms with Crippen molar-refractivity contribution in [2.24, 2.45) is 0 Å². The van der Waals surface area contributed by atoms with Crippen molar-refractivity contribution < 1.29 is 0 Å². The van der Waals surface area contributed by atoms with E-state index in [1.54, 1.807) is 0 Å². The number of benzene rings is 1. The van der Waals surface area contributed by atoms with E-state index in [1.807, 2.05) is 0 Å². The Morgan fingerprint density at radius 2 is 2.11 bits per heavy atom. The lowest BCUT2D eigenvalue weighted by Crippen LogP contribution is -2.33. The van der Waals surface area contributed by atoms with Crippen LogP contribution >= 0.6 is 15.9 Å². The van der Waals surface area contributed by atoms with Gasteiger partial charge in [0.25, 0.3) is 0 Å². The lowest BCUT2D eigenvalue weighted by Gasteiger charge is -2.23. The van der Waals surface area contributed by atoms with E-state index in [9.17, 15) is 0 Å². The molecule has 0 amide bonds. The Labute approximate surface area is 125 Å². The molecule has 1 aliphatic heterocycles. The summed E-state index contributed by atoms with van der Waals surface area (Å²) in [6.45, 7) is 8.21. The van der Waals surface area contributed by atoms with Gasteiger partial charge in [0, 0.05) is 16.6 Å². The SMILES string of the molecule is CCN1CCCC(NC(C)c2ccccc2Br)CC1. The first-order valence-electron chi connectivity index (χ1n) is 7.43. The van der Waals surface area contributed by atoms with Gasteiger partial charge in [-0.3, -0.25) is 0 Å². The fourth-order valence-electron chi connectivity index (χ4n) is 2.91. The van der Waals surface area contributed by atoms with Crippen LogP contribution in [0.25, 0.3) is 0 Å². The predicted molar refractivity (Wildman–Crippen MR) is 85.4 cm³/mol. The molecule has 2 unspecified atom stereocenters. The Morgan fingerprint density at radius 1 is 1.32 bits per heavy atom. The van der Waals surface area contributed by atoms with Gasteiger partial charge in [0.05, 0.1) is 0 Å². The van der Waals surface area contributed by atoms with Crippen molar-refractivity contribution in [2.75, 3.05) is 19.6 Å². The Balaban J connectivity index is 1.92. The third kappa shape index (κ3) is 4.30. The number of hydrogen-bond acceptors (Lipinski definition) is 2. The van der Waals surface area contributed by atoms with Gasteiger partial charge in [0.15, 0.2) is 0 Å². The number of nitrogens with zero attached hydrogens (tertiary/aromatic N) is 1. The second-order valence-electron chi connectivity index (χ2n) is 5.47. The average Bonchev–Trinajstić information content (AvgIpc) is 2.64. The second-order valence-corrected chi connectivity index (χ2v) is 6.33. The van der Waals surface area contributed by atoms with E-state index in [-0.39, 0.29) is 0 Å². The van der Waals surface area contributed by atoms with Gasteiger partial charge in [-0.15, -0.1) is 0 Å². The molecular weight excluding hydrogens is 300 g/mol. The molecule has 0 radical (unpaired) electrons. The topological polar surface area (TPSA) is 15.3 Å². The first-order valence-corrected chi connectivity index (χ1v) is 8.22. The normalized spacial score (nSPS) is 23.0. The molecule has 1 aromatic rings. The van der Waals surface area contributed by atoms with Gasteiger partial charge in [-0.1, -0.05) is 41.1 Å². The first-order chi connectivity index (χ1) is 9.20. The first kappa shape index (κ1) is 15.0. The van der Waals surface area contributed by atoms with E-state index >= 15 is 0 Å². The van der Waals surface area contributed by atoms with E-state index < -0.39 is 0 Å². The van der Waals surface area contributed by atoms with Gasteiger partial charge in [0.2, 0.25) is 0 Å². The summed E-state index contributed by atoms with van der Waals surface area (Å²) < 4.78 is 1.21. The zero-order valence-corrected chi connectivity index (χ0v) is 13.6. The number of rotatable bonds is 4. The number of hydrogen-bond donors (Lipinski definition) is 1. The molecule has 2 rings (SSSR count). The molecule has 1 heterocycles. The van der Waals surface area contributed by atoms with E-state index in [4.69, 9.17) is 0 Å². The van der Waals surface area contributed by atoms with Crippen LogP contribution in [0, 0.1) is 0 Å². The monoisotopic (exact) mass is 324 g/mol. The van der Waals surface area contributed by atoms with Gasteiger partial charge in [-0.05, 0) is 57.5 Å². The number of likely N-dealkylation sites (tertiary alicyclic amines) is 1. The molecule has 0 bridgehead atoms. The van der Waals surface area contributed by atoms with Crippen LogP contribution in [0.1, 0.15) is 44.7 Å². The predicted octanol–water partition coefficient (Wildman–Crippen LogP) is 3.97. The van der Waals surface area contributed by atoms with Crippen LogP contribution in [0.3, 0.4) is 0 Å². The van der Waals surface area contributed by atoms with Gasteiger partial charge in [-0.25, -0.2) is 0 Å². The summed E-state index contributed by atoms with van der Waals surface area (Å²) in [6, 6.07) is 9.58. The lowest BCUT2D eigenvalue weighted by molar-refractivity contribution is 0.295. The summed E-state index contributed by atoms with van der Waals surface area (Å²) in [5.41, 5.74) is 1.36. The maximum atomic E-state index is 3.80. The fourth-order valence-corrected chi connectivity index (χ4v) is 3.54. The zero-order valence-electron chi connectivity index (χ0n) is 12.0. The molecule has 0 aliphatic carbocycles. The van der Waals surface area contributed by atoms with E-state index in [0.717, 1.165) is 0 Å². The van der Waals surface area contributed by atoms with Crippen molar-refractivity contribution in [1.82, 2.24) is 10.2 Å². The van der Waals surface area contributed by atoms with Crippen LogP contribution in [-0.4, -0.2) is 30.6 Å². The largest absolute Gasteiger partial charge is 0.307 e. The maximum Gasteiger partial charge on any atom is 0.0305 e. The molecule has 19 heavy (non-hydrogen) atoms. The molecular formula is C16H25BrN2. The van der Waals surface area contributed by atoms with Crippen LogP contribution in [0.5, 0.6) is 0 Å². The molecule has 1 saturated heterocycles. The highest BCUT2D eigenvalue weighted by atomic mass is 79.9. The van der Waals surface area contributed by atoms with E-state index in [1.165, 1.54) is 48.9 Å². The number of halogens is 1. The van der Waals surface area contributed by atoms with Crippen LogP contribution in [0.4, 0.5) is 0 Å². The minimum Gasteiger partial charge on any atom is -0.307 e. The van der Waals surface area contributed by atoms with Crippen molar-refractivity contribution in [3.63, 3.8) is 0 Å². The third-order valence-electron chi connectivity index (χ3n) is 4.13. The van der Waals surface area contributed by atoms with Gasteiger partial charge in [0.1, 0.15) is 0 Å². The van der Waals surface area contributed by atoms with Crippen LogP contribution in [0.2, 0.25) is 0 Å². The molecule has 106 valence electrons. The Morgan fingerprint density at radius 3 is 2.84 bits per heavy atom. The quantitative estimate of drug-likeness (QED) is 0.901. The van der Waals surface area contributed by atoms with Crippen molar-refractivity contribution in [2.45, 2.75) is 45.2 Å². The fraction of sp³-hybridized carbons (Fsp3) is 0.625. The molecule has 0 spiro atoms. The summed E-state index contributed by atoms with van der Waals surface area (Å²) in [5.74, 6) is 0. The van der Waals surface area contributed by atoms with Crippen molar-refractivity contribution in [3.8, 4) is 0 Å². The zero-order chi connectivity index (χ0) is 13.7. The molecule has 0 aromatic heterocycles. The summed E-state index contributed by atoms with van der Waals surface area (Å²) in [6.07, 6.45) is 3.88. The maximum absolute atomic E-state index is 3.80. The number of nitrogens with one attached hydrogen (secondary N) is 1.